The molecule has 37 heavy (non-hydrogen) atoms. The molecule has 8 nitrogen and oxygen atoms in total. The van der Waals surface area contributed by atoms with Gasteiger partial charge in [0.1, 0.15) is 23.0 Å². The molecule has 1 fully saturated rings. The second-order valence-corrected chi connectivity index (χ2v) is 9.95. The summed E-state index contributed by atoms with van der Waals surface area (Å²) in [7, 11) is 0. The second-order valence-electron chi connectivity index (χ2n) is 9.55. The van der Waals surface area contributed by atoms with Crippen molar-refractivity contribution in [1.82, 2.24) is 19.4 Å². The molecule has 6 rings (SSSR count). The van der Waals surface area contributed by atoms with Gasteiger partial charge in [-0.15, -0.1) is 0 Å². The Morgan fingerprint density at radius 2 is 1.81 bits per heavy atom. The van der Waals surface area contributed by atoms with Gasteiger partial charge in [0.2, 0.25) is 5.91 Å². The molecule has 1 aliphatic carbocycles. The van der Waals surface area contributed by atoms with Gasteiger partial charge in [-0.1, -0.05) is 29.8 Å². The average Bonchev–Trinajstić information content (AvgIpc) is 3.34. The van der Waals surface area contributed by atoms with E-state index in [1.54, 1.807) is 6.20 Å². The molecule has 1 amide bonds. The number of benzene rings is 2. The SMILES string of the molecule is NC(=O)C1CCC(c2ncc3c(N)nc(-c4cc5nc(Nc6ccccc6)ccc5cc4Cl)cn23)CC1. The third-order valence-corrected chi connectivity index (χ3v) is 7.49. The zero-order valence-electron chi connectivity index (χ0n) is 20.1. The van der Waals surface area contributed by atoms with Gasteiger partial charge in [-0.2, -0.15) is 0 Å². The molecule has 2 aromatic carbocycles. The monoisotopic (exact) mass is 511 g/mol. The molecule has 3 heterocycles. The van der Waals surface area contributed by atoms with Crippen LogP contribution in [0.3, 0.4) is 0 Å². The Bertz CT molecular complexity index is 1620. The van der Waals surface area contributed by atoms with E-state index in [1.165, 1.54) is 0 Å². The molecule has 0 bridgehead atoms. The van der Waals surface area contributed by atoms with Gasteiger partial charge in [-0.05, 0) is 62.1 Å². The molecule has 0 atom stereocenters. The molecule has 0 radical (unpaired) electrons. The number of hydrogen-bond donors (Lipinski definition) is 3. The van der Waals surface area contributed by atoms with Gasteiger partial charge >= 0.3 is 0 Å². The highest BCUT2D eigenvalue weighted by Gasteiger charge is 2.28. The van der Waals surface area contributed by atoms with Gasteiger partial charge in [-0.3, -0.25) is 9.20 Å². The highest BCUT2D eigenvalue weighted by molar-refractivity contribution is 6.34. The number of para-hydroxylation sites is 1. The van der Waals surface area contributed by atoms with Crippen LogP contribution < -0.4 is 16.8 Å². The Morgan fingerprint density at radius 1 is 1.03 bits per heavy atom. The van der Waals surface area contributed by atoms with E-state index in [9.17, 15) is 4.79 Å². The molecule has 1 aliphatic rings. The summed E-state index contributed by atoms with van der Waals surface area (Å²) >= 11 is 6.73. The summed E-state index contributed by atoms with van der Waals surface area (Å²) in [6, 6.07) is 17.7. The van der Waals surface area contributed by atoms with Crippen molar-refractivity contribution in [3.63, 3.8) is 0 Å². The van der Waals surface area contributed by atoms with Gasteiger partial charge < -0.3 is 16.8 Å². The molecule has 186 valence electrons. The molecule has 9 heteroatoms. The van der Waals surface area contributed by atoms with E-state index in [4.69, 9.17) is 28.1 Å². The number of rotatable bonds is 5. The predicted octanol–water partition coefficient (Wildman–Crippen LogP) is 5.68. The molecule has 5 aromatic rings. The average molecular weight is 512 g/mol. The van der Waals surface area contributed by atoms with Crippen LogP contribution in [0.1, 0.15) is 37.4 Å². The van der Waals surface area contributed by atoms with E-state index in [-0.39, 0.29) is 17.7 Å². The van der Waals surface area contributed by atoms with Crippen molar-refractivity contribution < 1.29 is 4.79 Å². The number of primary amides is 1. The number of anilines is 3. The minimum atomic E-state index is -0.219. The highest BCUT2D eigenvalue weighted by Crippen LogP contribution is 2.37. The van der Waals surface area contributed by atoms with Crippen molar-refractivity contribution in [2.24, 2.45) is 11.7 Å². The maximum Gasteiger partial charge on any atom is 0.220 e. The smallest absolute Gasteiger partial charge is 0.220 e. The number of nitrogens with two attached hydrogens (primary N) is 2. The van der Waals surface area contributed by atoms with Crippen molar-refractivity contribution in [2.75, 3.05) is 11.1 Å². The van der Waals surface area contributed by atoms with Crippen LogP contribution in [0.4, 0.5) is 17.3 Å². The number of nitrogen functional groups attached to an aromatic ring is 1. The van der Waals surface area contributed by atoms with Gasteiger partial charge in [0, 0.05) is 34.7 Å². The summed E-state index contributed by atoms with van der Waals surface area (Å²) < 4.78 is 2.01. The maximum atomic E-state index is 11.6. The number of carbonyl (C=O) groups is 1. The zero-order chi connectivity index (χ0) is 25.5. The summed E-state index contributed by atoms with van der Waals surface area (Å²) in [6.45, 7) is 0. The lowest BCUT2D eigenvalue weighted by Crippen LogP contribution is -2.27. The van der Waals surface area contributed by atoms with Gasteiger partial charge in [0.05, 0.1) is 22.4 Å². The normalized spacial score (nSPS) is 17.8. The summed E-state index contributed by atoms with van der Waals surface area (Å²) in [5.74, 6) is 1.97. The Labute approximate surface area is 218 Å². The Kier molecular flexibility index (Phi) is 5.88. The fourth-order valence-corrected chi connectivity index (χ4v) is 5.45. The van der Waals surface area contributed by atoms with E-state index < -0.39 is 0 Å². The standard InChI is InChI=1S/C28H26ClN7O/c29-21-12-18-10-11-25(33-19-4-2-1-3-5-19)34-22(18)13-20(21)23-15-36-24(26(30)35-23)14-32-28(36)17-8-6-16(7-9-17)27(31)37/h1-5,10-17H,6-9H2,(H2,30,35)(H2,31,37)(H,33,34). The van der Waals surface area contributed by atoms with E-state index in [1.807, 2.05) is 65.2 Å². The Balaban J connectivity index is 1.37. The molecule has 1 saturated carbocycles. The highest BCUT2D eigenvalue weighted by atomic mass is 35.5. The first-order chi connectivity index (χ1) is 18.0. The number of fused-ring (bicyclic) bond motifs is 2. The van der Waals surface area contributed by atoms with Crippen LogP contribution in [0, 0.1) is 5.92 Å². The van der Waals surface area contributed by atoms with E-state index in [0.29, 0.717) is 16.5 Å². The molecule has 0 aliphatic heterocycles. The Hall–Kier alpha value is -4.17. The van der Waals surface area contributed by atoms with Crippen molar-refractivity contribution in [2.45, 2.75) is 31.6 Å². The quantitative estimate of drug-likeness (QED) is 0.278. The van der Waals surface area contributed by atoms with Gasteiger partial charge in [-0.25, -0.2) is 15.0 Å². The van der Waals surface area contributed by atoms with Crippen LogP contribution in [-0.2, 0) is 4.79 Å². The number of halogens is 1. The number of hydrogen-bond acceptors (Lipinski definition) is 6. The van der Waals surface area contributed by atoms with Crippen LogP contribution in [0.15, 0.2) is 67.0 Å². The molecular formula is C28H26ClN7O. The molecular weight excluding hydrogens is 486 g/mol. The zero-order valence-corrected chi connectivity index (χ0v) is 20.8. The number of amides is 1. The fraction of sp³-hybridized carbons (Fsp3) is 0.214. The number of aromatic nitrogens is 4. The van der Waals surface area contributed by atoms with Gasteiger partial charge in [0.15, 0.2) is 0 Å². The third kappa shape index (κ3) is 4.44. The van der Waals surface area contributed by atoms with Crippen LogP contribution in [-0.4, -0.2) is 25.3 Å². The van der Waals surface area contributed by atoms with Crippen molar-refractivity contribution in [3.05, 3.63) is 77.8 Å². The lowest BCUT2D eigenvalue weighted by molar-refractivity contribution is -0.122. The lowest BCUT2D eigenvalue weighted by atomic mass is 9.81. The number of nitrogens with one attached hydrogen (secondary N) is 1. The molecule has 0 unspecified atom stereocenters. The van der Waals surface area contributed by atoms with Gasteiger partial charge in [0.25, 0.3) is 0 Å². The second kappa shape index (κ2) is 9.37. The lowest BCUT2D eigenvalue weighted by Gasteiger charge is -2.26. The van der Waals surface area contributed by atoms with E-state index >= 15 is 0 Å². The van der Waals surface area contributed by atoms with E-state index in [2.05, 4.69) is 15.3 Å². The summed E-state index contributed by atoms with van der Waals surface area (Å²) in [5.41, 5.74) is 15.8. The fourth-order valence-electron chi connectivity index (χ4n) is 5.19. The van der Waals surface area contributed by atoms with Crippen molar-refractivity contribution >= 4 is 51.3 Å². The molecule has 0 spiro atoms. The topological polar surface area (TPSA) is 124 Å². The predicted molar refractivity (Wildman–Crippen MR) is 147 cm³/mol. The molecule has 5 N–H and O–H groups in total. The van der Waals surface area contributed by atoms with Crippen LogP contribution in [0.5, 0.6) is 0 Å². The first-order valence-electron chi connectivity index (χ1n) is 12.3. The third-order valence-electron chi connectivity index (χ3n) is 7.18. The summed E-state index contributed by atoms with van der Waals surface area (Å²) in [4.78, 5) is 25.7. The number of imidazole rings is 1. The van der Waals surface area contributed by atoms with Crippen molar-refractivity contribution in [3.8, 4) is 11.3 Å². The summed E-state index contributed by atoms with van der Waals surface area (Å²) in [5, 5.41) is 4.82. The number of carbonyl (C=O) groups excluding carboxylic acids is 1. The van der Waals surface area contributed by atoms with Crippen molar-refractivity contribution in [1.29, 1.82) is 0 Å². The minimum absolute atomic E-state index is 0.0602. The first-order valence-corrected chi connectivity index (χ1v) is 12.7. The van der Waals surface area contributed by atoms with Crippen LogP contribution in [0.25, 0.3) is 27.7 Å². The maximum absolute atomic E-state index is 11.6. The van der Waals surface area contributed by atoms with Crippen LogP contribution >= 0.6 is 11.6 Å². The minimum Gasteiger partial charge on any atom is -0.382 e. The molecule has 0 saturated heterocycles. The largest absolute Gasteiger partial charge is 0.382 e. The Morgan fingerprint density at radius 3 is 2.57 bits per heavy atom. The van der Waals surface area contributed by atoms with E-state index in [0.717, 1.165) is 65.0 Å². The first kappa shape index (κ1) is 23.2. The number of pyridine rings is 1. The summed E-state index contributed by atoms with van der Waals surface area (Å²) in [6.07, 6.45) is 6.93. The number of nitrogens with zero attached hydrogens (tertiary/aromatic N) is 4. The van der Waals surface area contributed by atoms with Crippen LogP contribution in [0.2, 0.25) is 5.02 Å². The molecule has 3 aromatic heterocycles.